The maximum Gasteiger partial charge on any atom is 0.123 e. The molecular formula is C17H20FNO. The predicted octanol–water partition coefficient (Wildman–Crippen LogP) is 3.78. The van der Waals surface area contributed by atoms with Crippen LogP contribution >= 0.6 is 0 Å². The molecule has 2 aromatic carbocycles. The highest BCUT2D eigenvalue weighted by atomic mass is 19.1. The van der Waals surface area contributed by atoms with Gasteiger partial charge >= 0.3 is 0 Å². The first-order valence-electron chi connectivity index (χ1n) is 6.83. The quantitative estimate of drug-likeness (QED) is 0.900. The second kappa shape index (κ2) is 6.53. The van der Waals surface area contributed by atoms with Crippen molar-refractivity contribution < 1.29 is 9.13 Å². The average Bonchev–Trinajstić information content (AvgIpc) is 2.43. The first kappa shape index (κ1) is 14.5. The van der Waals surface area contributed by atoms with Gasteiger partial charge < -0.3 is 10.5 Å². The molecule has 2 rings (SSSR count). The van der Waals surface area contributed by atoms with Crippen molar-refractivity contribution in [2.45, 2.75) is 26.3 Å². The van der Waals surface area contributed by atoms with Gasteiger partial charge in [-0.15, -0.1) is 0 Å². The van der Waals surface area contributed by atoms with Crippen LogP contribution in [-0.4, -0.2) is 6.61 Å². The Balaban J connectivity index is 2.17. The van der Waals surface area contributed by atoms with Crippen molar-refractivity contribution in [3.05, 3.63) is 65.0 Å². The highest BCUT2D eigenvalue weighted by molar-refractivity contribution is 5.33. The van der Waals surface area contributed by atoms with E-state index in [1.54, 1.807) is 12.1 Å². The van der Waals surface area contributed by atoms with Gasteiger partial charge in [0.25, 0.3) is 0 Å². The summed E-state index contributed by atoms with van der Waals surface area (Å²) in [4.78, 5) is 0. The number of benzene rings is 2. The lowest BCUT2D eigenvalue weighted by Gasteiger charge is -2.15. The first-order valence-corrected chi connectivity index (χ1v) is 6.83. The fourth-order valence-corrected chi connectivity index (χ4v) is 2.22. The molecule has 0 spiro atoms. The third-order valence-corrected chi connectivity index (χ3v) is 3.35. The van der Waals surface area contributed by atoms with Crippen LogP contribution in [0, 0.1) is 12.7 Å². The van der Waals surface area contributed by atoms with Crippen molar-refractivity contribution in [1.82, 2.24) is 0 Å². The molecule has 0 heterocycles. The van der Waals surface area contributed by atoms with E-state index in [1.165, 1.54) is 6.07 Å². The number of aryl methyl sites for hydroxylation is 1. The normalized spacial score (nSPS) is 12.2. The lowest BCUT2D eigenvalue weighted by Crippen LogP contribution is -2.14. The molecule has 0 aromatic heterocycles. The highest BCUT2D eigenvalue weighted by Crippen LogP contribution is 2.22. The Labute approximate surface area is 119 Å². The lowest BCUT2D eigenvalue weighted by atomic mass is 9.96. The molecule has 1 unspecified atom stereocenters. The van der Waals surface area contributed by atoms with Crippen LogP contribution in [0.1, 0.15) is 29.7 Å². The summed E-state index contributed by atoms with van der Waals surface area (Å²) in [6.07, 6.45) is 0.610. The van der Waals surface area contributed by atoms with Gasteiger partial charge in [-0.05, 0) is 61.2 Å². The zero-order chi connectivity index (χ0) is 14.5. The molecule has 0 amide bonds. The zero-order valence-corrected chi connectivity index (χ0v) is 11.9. The van der Waals surface area contributed by atoms with Gasteiger partial charge in [-0.3, -0.25) is 0 Å². The van der Waals surface area contributed by atoms with Crippen LogP contribution in [0.5, 0.6) is 5.75 Å². The summed E-state index contributed by atoms with van der Waals surface area (Å²) >= 11 is 0. The summed E-state index contributed by atoms with van der Waals surface area (Å²) in [6, 6.07) is 12.4. The molecule has 1 atom stereocenters. The maximum absolute atomic E-state index is 13.3. The van der Waals surface area contributed by atoms with Gasteiger partial charge in [0.1, 0.15) is 11.6 Å². The summed E-state index contributed by atoms with van der Waals surface area (Å²) in [5.41, 5.74) is 9.23. The van der Waals surface area contributed by atoms with E-state index in [0.29, 0.717) is 13.0 Å². The summed E-state index contributed by atoms with van der Waals surface area (Å²) in [5.74, 6) is 0.595. The van der Waals surface area contributed by atoms with Crippen LogP contribution in [0.2, 0.25) is 0 Å². The minimum atomic E-state index is -0.221. The van der Waals surface area contributed by atoms with Crippen molar-refractivity contribution in [3.63, 3.8) is 0 Å². The first-order chi connectivity index (χ1) is 9.60. The van der Waals surface area contributed by atoms with Crippen LogP contribution in [0.25, 0.3) is 0 Å². The van der Waals surface area contributed by atoms with Crippen molar-refractivity contribution in [2.24, 2.45) is 5.73 Å². The third-order valence-electron chi connectivity index (χ3n) is 3.35. The van der Waals surface area contributed by atoms with Gasteiger partial charge in [0.2, 0.25) is 0 Å². The minimum Gasteiger partial charge on any atom is -0.494 e. The fourth-order valence-electron chi connectivity index (χ4n) is 2.22. The molecule has 2 aromatic rings. The molecule has 3 heteroatoms. The van der Waals surface area contributed by atoms with Gasteiger partial charge in [-0.25, -0.2) is 4.39 Å². The molecule has 20 heavy (non-hydrogen) atoms. The van der Waals surface area contributed by atoms with Gasteiger partial charge in [0, 0.05) is 6.04 Å². The Bertz CT molecular complexity index is 583. The second-order valence-corrected chi connectivity index (χ2v) is 4.89. The summed E-state index contributed by atoms with van der Waals surface area (Å²) in [6.45, 7) is 4.54. The fraction of sp³-hybridized carbons (Fsp3) is 0.294. The van der Waals surface area contributed by atoms with Crippen LogP contribution in [0.15, 0.2) is 42.5 Å². The van der Waals surface area contributed by atoms with E-state index in [4.69, 9.17) is 10.5 Å². The Morgan fingerprint density at radius 1 is 1.20 bits per heavy atom. The number of rotatable bonds is 5. The van der Waals surface area contributed by atoms with Gasteiger partial charge in [0.15, 0.2) is 0 Å². The van der Waals surface area contributed by atoms with E-state index >= 15 is 0 Å². The molecule has 0 aliphatic carbocycles. The van der Waals surface area contributed by atoms with E-state index < -0.39 is 0 Å². The molecule has 106 valence electrons. The van der Waals surface area contributed by atoms with E-state index in [2.05, 4.69) is 0 Å². The largest absolute Gasteiger partial charge is 0.494 e. The van der Waals surface area contributed by atoms with Gasteiger partial charge in [-0.2, -0.15) is 0 Å². The number of hydrogen-bond acceptors (Lipinski definition) is 2. The molecule has 0 aliphatic heterocycles. The standard InChI is InChI=1S/C17H20FNO/c1-3-20-16-6-4-5-13(10-16)17(19)11-14-9-15(18)8-7-12(14)2/h4-10,17H,3,11,19H2,1-2H3. The van der Waals surface area contributed by atoms with Gasteiger partial charge in [0.05, 0.1) is 6.61 Å². The van der Waals surface area contributed by atoms with E-state index in [9.17, 15) is 4.39 Å². The number of nitrogens with two attached hydrogens (primary N) is 1. The predicted molar refractivity (Wildman–Crippen MR) is 79.4 cm³/mol. The summed E-state index contributed by atoms with van der Waals surface area (Å²) < 4.78 is 18.8. The summed E-state index contributed by atoms with van der Waals surface area (Å²) in [5, 5.41) is 0. The van der Waals surface area contributed by atoms with E-state index in [-0.39, 0.29) is 11.9 Å². The molecule has 2 nitrogen and oxygen atoms in total. The van der Waals surface area contributed by atoms with Crippen LogP contribution in [0.4, 0.5) is 4.39 Å². The Morgan fingerprint density at radius 2 is 2.00 bits per heavy atom. The second-order valence-electron chi connectivity index (χ2n) is 4.89. The van der Waals surface area contributed by atoms with Crippen molar-refractivity contribution in [1.29, 1.82) is 0 Å². The van der Waals surface area contributed by atoms with Crippen LogP contribution < -0.4 is 10.5 Å². The van der Waals surface area contributed by atoms with Crippen LogP contribution in [0.3, 0.4) is 0 Å². The molecular weight excluding hydrogens is 253 g/mol. The topological polar surface area (TPSA) is 35.2 Å². The molecule has 0 aliphatic rings. The van der Waals surface area contributed by atoms with Crippen LogP contribution in [-0.2, 0) is 6.42 Å². The molecule has 0 radical (unpaired) electrons. The third kappa shape index (κ3) is 3.58. The number of halogens is 1. The summed E-state index contributed by atoms with van der Waals surface area (Å²) in [7, 11) is 0. The van der Waals surface area contributed by atoms with Crippen molar-refractivity contribution in [2.75, 3.05) is 6.61 Å². The molecule has 0 bridgehead atoms. The minimum absolute atomic E-state index is 0.170. The smallest absolute Gasteiger partial charge is 0.123 e. The van der Waals surface area contributed by atoms with Crippen molar-refractivity contribution in [3.8, 4) is 5.75 Å². The maximum atomic E-state index is 13.3. The van der Waals surface area contributed by atoms with Gasteiger partial charge in [-0.1, -0.05) is 18.2 Å². The molecule has 0 saturated heterocycles. The monoisotopic (exact) mass is 273 g/mol. The molecule has 2 N–H and O–H groups in total. The molecule has 0 fully saturated rings. The van der Waals surface area contributed by atoms with E-state index in [0.717, 1.165) is 22.4 Å². The Kier molecular flexibility index (Phi) is 4.74. The zero-order valence-electron chi connectivity index (χ0n) is 11.9. The Hall–Kier alpha value is -1.87. The average molecular weight is 273 g/mol. The SMILES string of the molecule is CCOc1cccc(C(N)Cc2cc(F)ccc2C)c1. The number of hydrogen-bond donors (Lipinski definition) is 1. The van der Waals surface area contributed by atoms with E-state index in [1.807, 2.05) is 38.1 Å². The lowest BCUT2D eigenvalue weighted by molar-refractivity contribution is 0.339. The number of ether oxygens (including phenoxy) is 1. The Morgan fingerprint density at radius 3 is 2.75 bits per heavy atom. The van der Waals surface area contributed by atoms with Crippen molar-refractivity contribution >= 4 is 0 Å². The highest BCUT2D eigenvalue weighted by Gasteiger charge is 2.10. The molecule has 0 saturated carbocycles.